The lowest BCUT2D eigenvalue weighted by molar-refractivity contribution is -0.252. The summed E-state index contributed by atoms with van der Waals surface area (Å²) in [6.07, 6.45) is 4.46. The quantitative estimate of drug-likeness (QED) is 0.0573. The van der Waals surface area contributed by atoms with Crippen LogP contribution in [-0.2, 0) is 38.6 Å². The minimum absolute atomic E-state index is 0.00291. The highest BCUT2D eigenvalue weighted by molar-refractivity contribution is 5.93. The first-order valence-corrected chi connectivity index (χ1v) is 19.0. The molecule has 0 spiro atoms. The number of carbonyl (C=O) groups is 2. The number of nitrogens with zero attached hydrogens (tertiary/aromatic N) is 2. The van der Waals surface area contributed by atoms with E-state index >= 15 is 0 Å². The molecule has 4 aromatic carbocycles. The Balaban J connectivity index is 1.05. The summed E-state index contributed by atoms with van der Waals surface area (Å²) in [4.78, 5) is 31.8. The lowest BCUT2D eigenvalue weighted by Gasteiger charge is -2.38. The van der Waals surface area contributed by atoms with Gasteiger partial charge in [-0.15, -0.1) is 0 Å². The van der Waals surface area contributed by atoms with Gasteiger partial charge in [0.05, 0.1) is 30.2 Å². The zero-order chi connectivity index (χ0) is 38.4. The van der Waals surface area contributed by atoms with Gasteiger partial charge in [-0.25, -0.2) is 0 Å². The van der Waals surface area contributed by atoms with Crippen molar-refractivity contribution in [1.29, 1.82) is 0 Å². The molecule has 0 unspecified atom stereocenters. The van der Waals surface area contributed by atoms with Crippen LogP contribution in [0, 0.1) is 0 Å². The van der Waals surface area contributed by atoms with E-state index in [1.54, 1.807) is 12.1 Å². The Morgan fingerprint density at radius 3 is 2.29 bits per heavy atom. The molecule has 2 heterocycles. The topological polar surface area (TPSA) is 139 Å². The Morgan fingerprint density at radius 2 is 1.55 bits per heavy atom. The first-order valence-electron chi connectivity index (χ1n) is 19.0. The maximum atomic E-state index is 12.7. The number of aliphatic hydroxyl groups is 1. The Bertz CT molecular complexity index is 1970. The molecule has 1 saturated heterocycles. The summed E-state index contributed by atoms with van der Waals surface area (Å²) >= 11 is 0. The maximum Gasteiger partial charge on any atom is 0.224 e. The number of amides is 2. The fourth-order valence-electron chi connectivity index (χ4n) is 6.78. The van der Waals surface area contributed by atoms with E-state index in [9.17, 15) is 14.7 Å². The van der Waals surface area contributed by atoms with Gasteiger partial charge < -0.3 is 35.8 Å². The molecule has 1 fully saturated rings. The second-order valence-corrected chi connectivity index (χ2v) is 14.1. The number of likely N-dealkylation sites (N-methyl/N-ethyl adjacent to an activating group) is 1. The smallest absolute Gasteiger partial charge is 0.224 e. The second kappa shape index (κ2) is 19.8. The maximum absolute atomic E-state index is 12.7. The number of anilines is 2. The van der Waals surface area contributed by atoms with Crippen LogP contribution in [0.5, 0.6) is 0 Å². The third-order valence-electron chi connectivity index (χ3n) is 9.89. The molecule has 1 aromatic heterocycles. The van der Waals surface area contributed by atoms with Crippen LogP contribution in [0.15, 0.2) is 121 Å². The van der Waals surface area contributed by atoms with Crippen LogP contribution in [-0.4, -0.2) is 53.0 Å². The molecular formula is C45H51N5O5. The van der Waals surface area contributed by atoms with E-state index in [0.29, 0.717) is 50.0 Å². The average molecular weight is 742 g/mol. The van der Waals surface area contributed by atoms with Gasteiger partial charge in [0.15, 0.2) is 6.29 Å². The first kappa shape index (κ1) is 39.3. The monoisotopic (exact) mass is 741 g/mol. The number of hydrogen-bond donors (Lipinski definition) is 4. The third-order valence-corrected chi connectivity index (χ3v) is 9.89. The number of aliphatic hydroxyl groups excluding tert-OH is 1. The van der Waals surface area contributed by atoms with Crippen molar-refractivity contribution in [3.05, 3.63) is 149 Å². The van der Waals surface area contributed by atoms with Gasteiger partial charge in [-0.2, -0.15) is 0 Å². The predicted molar refractivity (Wildman–Crippen MR) is 216 cm³/mol. The van der Waals surface area contributed by atoms with Crippen molar-refractivity contribution >= 4 is 23.2 Å². The molecule has 0 saturated carbocycles. The van der Waals surface area contributed by atoms with Gasteiger partial charge in [-0.3, -0.25) is 14.6 Å². The first-order chi connectivity index (χ1) is 26.8. The molecule has 0 radical (unpaired) electrons. The summed E-state index contributed by atoms with van der Waals surface area (Å²) in [7, 11) is 2.11. The second-order valence-electron chi connectivity index (χ2n) is 14.1. The number of ether oxygens (including phenoxy) is 2. The number of nitrogen functional groups attached to an aromatic ring is 1. The van der Waals surface area contributed by atoms with Crippen molar-refractivity contribution in [1.82, 2.24) is 15.2 Å². The number of para-hydroxylation sites is 2. The molecule has 3 atom stereocenters. The summed E-state index contributed by atoms with van der Waals surface area (Å²) in [5.74, 6) is -0.171. The highest BCUT2D eigenvalue weighted by Crippen LogP contribution is 2.39. The van der Waals surface area contributed by atoms with Crippen LogP contribution in [0.1, 0.15) is 72.4 Å². The van der Waals surface area contributed by atoms with Crippen molar-refractivity contribution in [2.45, 2.75) is 70.2 Å². The number of hydrogen-bond acceptors (Lipinski definition) is 8. The van der Waals surface area contributed by atoms with Crippen LogP contribution in [0.3, 0.4) is 0 Å². The molecule has 1 aliphatic heterocycles. The van der Waals surface area contributed by atoms with Crippen molar-refractivity contribution in [2.24, 2.45) is 0 Å². The normalized spacial score (nSPS) is 16.8. The molecule has 0 bridgehead atoms. The van der Waals surface area contributed by atoms with Crippen LogP contribution in [0.2, 0.25) is 0 Å². The van der Waals surface area contributed by atoms with E-state index in [2.05, 4.69) is 64.0 Å². The fraction of sp³-hybridized carbons (Fsp3) is 0.311. The van der Waals surface area contributed by atoms with E-state index in [4.69, 9.17) is 15.2 Å². The number of nitrogens with one attached hydrogen (secondary N) is 2. The summed E-state index contributed by atoms with van der Waals surface area (Å²) in [6.45, 7) is 1.99. The molecule has 6 rings (SSSR count). The molecule has 2 amide bonds. The van der Waals surface area contributed by atoms with E-state index < -0.39 is 6.29 Å². The number of unbranched alkanes of at least 4 members (excludes halogenated alkanes) is 1. The van der Waals surface area contributed by atoms with Gasteiger partial charge in [0.1, 0.15) is 0 Å². The molecule has 5 aromatic rings. The molecular weight excluding hydrogens is 691 g/mol. The number of benzene rings is 4. The lowest BCUT2D eigenvalue weighted by atomic mass is 9.97. The van der Waals surface area contributed by atoms with Crippen LogP contribution in [0.4, 0.5) is 11.4 Å². The minimum atomic E-state index is -0.559. The number of pyridine rings is 1. The van der Waals surface area contributed by atoms with Crippen LogP contribution in [0.25, 0.3) is 11.1 Å². The third kappa shape index (κ3) is 11.6. The fourth-order valence-corrected chi connectivity index (χ4v) is 6.78. The van der Waals surface area contributed by atoms with Crippen molar-refractivity contribution in [3.63, 3.8) is 0 Å². The molecule has 5 N–H and O–H groups in total. The van der Waals surface area contributed by atoms with Gasteiger partial charge in [-0.05, 0) is 72.0 Å². The lowest BCUT2D eigenvalue weighted by Crippen LogP contribution is -2.38. The van der Waals surface area contributed by atoms with Gasteiger partial charge in [-0.1, -0.05) is 91.0 Å². The number of carbonyl (C=O) groups excluding carboxylic acids is 2. The Kier molecular flexibility index (Phi) is 14.1. The van der Waals surface area contributed by atoms with Crippen LogP contribution >= 0.6 is 0 Å². The highest BCUT2D eigenvalue weighted by Gasteiger charge is 2.33. The molecule has 0 aliphatic carbocycles. The summed E-state index contributed by atoms with van der Waals surface area (Å²) in [5, 5.41) is 15.5. The average Bonchev–Trinajstić information content (AvgIpc) is 3.22. The summed E-state index contributed by atoms with van der Waals surface area (Å²) in [6, 6.07) is 37.4. The van der Waals surface area contributed by atoms with Crippen molar-refractivity contribution in [3.8, 4) is 11.1 Å². The Hall–Kier alpha value is -5.39. The van der Waals surface area contributed by atoms with E-state index in [1.165, 1.54) is 0 Å². The van der Waals surface area contributed by atoms with Gasteiger partial charge in [0.25, 0.3) is 0 Å². The van der Waals surface area contributed by atoms with Gasteiger partial charge in [0.2, 0.25) is 11.8 Å². The predicted octanol–water partition coefficient (Wildman–Crippen LogP) is 7.36. The SMILES string of the molecule is CN(CCc1ccccn1)C[C@@H]1C[C@H](c2ccc(CO)cc2)O[C@H](c2ccc(-c3ccccc3CNC(=O)CCCCC(=O)Nc3ccccc3N)cc2)O1. The van der Waals surface area contributed by atoms with E-state index in [0.717, 1.165) is 58.6 Å². The number of aromatic nitrogens is 1. The molecule has 55 heavy (non-hydrogen) atoms. The molecule has 286 valence electrons. The van der Waals surface area contributed by atoms with Crippen LogP contribution < -0.4 is 16.4 Å². The standard InChI is InChI=1S/C45H51N5O5/c1-50(27-25-37-11-8-9-26-47-37)30-38-28-42(34-19-17-32(31-51)18-20-34)55-45(54-38)35-23-21-33(22-24-35)39-12-3-2-10-36(39)29-48-43(52)15-6-7-16-44(53)49-41-14-5-4-13-40(41)46/h2-5,8-14,17-24,26,38,42,45,51H,6-7,15-16,25,27-31,46H2,1H3,(H,48,52)(H,49,53)/t38-,42+,45+/m0/s1. The Labute approximate surface area is 323 Å². The number of nitrogens with two attached hydrogens (primary N) is 1. The zero-order valence-electron chi connectivity index (χ0n) is 31.4. The molecule has 10 heteroatoms. The number of rotatable bonds is 17. The van der Waals surface area contributed by atoms with Gasteiger partial charge >= 0.3 is 0 Å². The molecule has 1 aliphatic rings. The highest BCUT2D eigenvalue weighted by atomic mass is 16.7. The van der Waals surface area contributed by atoms with Crippen molar-refractivity contribution < 1.29 is 24.2 Å². The summed E-state index contributed by atoms with van der Waals surface area (Å²) < 4.78 is 13.2. The Morgan fingerprint density at radius 1 is 0.836 bits per heavy atom. The largest absolute Gasteiger partial charge is 0.397 e. The van der Waals surface area contributed by atoms with Crippen molar-refractivity contribution in [2.75, 3.05) is 31.2 Å². The van der Waals surface area contributed by atoms with E-state index in [-0.39, 0.29) is 30.6 Å². The van der Waals surface area contributed by atoms with Gasteiger partial charge in [0, 0.05) is 62.8 Å². The zero-order valence-corrected chi connectivity index (χ0v) is 31.4. The summed E-state index contributed by atoms with van der Waals surface area (Å²) in [5.41, 5.74) is 14.0. The molecule has 10 nitrogen and oxygen atoms in total. The minimum Gasteiger partial charge on any atom is -0.397 e. The van der Waals surface area contributed by atoms with E-state index in [1.807, 2.05) is 72.9 Å².